The van der Waals surface area contributed by atoms with Crippen LogP contribution in [0.1, 0.15) is 12.0 Å². The topological polar surface area (TPSA) is 18.5 Å². The van der Waals surface area contributed by atoms with Gasteiger partial charge in [0, 0.05) is 44.1 Å². The van der Waals surface area contributed by atoms with Crippen molar-refractivity contribution in [3.8, 4) is 0 Å². The number of nitrogens with zero attached hydrogens (tertiary/aromatic N) is 2. The Balaban J connectivity index is 1.67. The smallest absolute Gasteiger partial charge is 0.385 e. The van der Waals surface area contributed by atoms with Gasteiger partial charge in [0.05, 0.1) is 6.54 Å². The fourth-order valence-corrected chi connectivity index (χ4v) is 3.19. The van der Waals surface area contributed by atoms with E-state index in [-0.39, 0.29) is 0 Å². The van der Waals surface area contributed by atoms with E-state index in [2.05, 4.69) is 22.3 Å². The summed E-state index contributed by atoms with van der Waals surface area (Å²) in [6.45, 7) is 2.46. The maximum atomic E-state index is 12.4. The minimum Gasteiger partial charge on any atom is -0.385 e. The van der Waals surface area contributed by atoms with E-state index in [0.717, 1.165) is 19.4 Å². The lowest BCUT2D eigenvalue weighted by atomic mass is 10.0. The summed E-state index contributed by atoms with van der Waals surface area (Å²) >= 11 is 0. The molecular weight excluding hydrogens is 279 g/mol. The van der Waals surface area contributed by atoms with Gasteiger partial charge in [-0.1, -0.05) is 6.07 Å². The van der Waals surface area contributed by atoms with Crippen LogP contribution in [0.4, 0.5) is 24.5 Å². The maximum Gasteiger partial charge on any atom is 0.401 e. The first-order chi connectivity index (χ1) is 10.0. The van der Waals surface area contributed by atoms with Gasteiger partial charge < -0.3 is 10.2 Å². The first-order valence-electron chi connectivity index (χ1n) is 7.43. The number of nitrogens with one attached hydrogen (secondary N) is 1. The molecule has 2 aliphatic rings. The highest BCUT2D eigenvalue weighted by molar-refractivity contribution is 5.68. The zero-order valence-electron chi connectivity index (χ0n) is 11.9. The molecule has 2 heterocycles. The molecule has 0 amide bonds. The first-order valence-corrected chi connectivity index (χ1v) is 7.43. The Hall–Kier alpha value is -1.43. The molecule has 0 aromatic heterocycles. The van der Waals surface area contributed by atoms with Crippen molar-refractivity contribution in [1.82, 2.24) is 4.90 Å². The number of rotatable bonds is 2. The van der Waals surface area contributed by atoms with Crippen LogP contribution >= 0.6 is 0 Å². The maximum absolute atomic E-state index is 12.4. The monoisotopic (exact) mass is 299 g/mol. The molecule has 0 atom stereocenters. The molecule has 1 saturated heterocycles. The van der Waals surface area contributed by atoms with Crippen molar-refractivity contribution in [2.24, 2.45) is 0 Å². The van der Waals surface area contributed by atoms with Gasteiger partial charge in [-0.3, -0.25) is 4.90 Å². The van der Waals surface area contributed by atoms with Gasteiger partial charge >= 0.3 is 6.18 Å². The Morgan fingerprint density at radius 3 is 2.57 bits per heavy atom. The third-order valence-corrected chi connectivity index (χ3v) is 4.19. The molecule has 3 nitrogen and oxygen atoms in total. The molecule has 6 heteroatoms. The lowest BCUT2D eigenvalue weighted by molar-refractivity contribution is -0.146. The van der Waals surface area contributed by atoms with Gasteiger partial charge in [-0.2, -0.15) is 13.2 Å². The summed E-state index contributed by atoms with van der Waals surface area (Å²) in [7, 11) is 0. The first kappa shape index (κ1) is 14.5. The molecular formula is C15H20F3N3. The molecule has 116 valence electrons. The molecule has 21 heavy (non-hydrogen) atoms. The Morgan fingerprint density at radius 2 is 1.86 bits per heavy atom. The number of fused-ring (bicyclic) bond motifs is 1. The third kappa shape index (κ3) is 3.43. The van der Waals surface area contributed by atoms with E-state index in [0.29, 0.717) is 26.2 Å². The van der Waals surface area contributed by atoms with E-state index in [1.165, 1.54) is 21.8 Å². The second-order valence-corrected chi connectivity index (χ2v) is 5.71. The number of halogens is 3. The summed E-state index contributed by atoms with van der Waals surface area (Å²) in [6.07, 6.45) is -1.95. The van der Waals surface area contributed by atoms with E-state index in [4.69, 9.17) is 0 Å². The Morgan fingerprint density at radius 1 is 1.10 bits per heavy atom. The largest absolute Gasteiger partial charge is 0.401 e. The normalized spacial score (nSPS) is 20.0. The second-order valence-electron chi connectivity index (χ2n) is 5.71. The SMILES string of the molecule is FC(F)(F)CN1CCN(c2cccc3c2CCCN3)CC1. The average Bonchev–Trinajstić information content (AvgIpc) is 2.46. The van der Waals surface area contributed by atoms with Crippen LogP contribution in [0.2, 0.25) is 0 Å². The molecule has 0 bridgehead atoms. The Kier molecular flexibility index (Phi) is 3.97. The highest BCUT2D eigenvalue weighted by Gasteiger charge is 2.32. The van der Waals surface area contributed by atoms with Crippen molar-refractivity contribution in [3.05, 3.63) is 23.8 Å². The van der Waals surface area contributed by atoms with Crippen molar-refractivity contribution in [3.63, 3.8) is 0 Å². The standard InChI is InChI=1S/C15H20F3N3/c16-15(17,18)11-20-7-9-21(10-8-20)14-5-1-4-13-12(14)3-2-6-19-13/h1,4-5,19H,2-3,6-11H2. The Labute approximate surface area is 122 Å². The molecule has 1 fully saturated rings. The Bertz CT molecular complexity index is 493. The summed E-state index contributed by atoms with van der Waals surface area (Å²) in [5.74, 6) is 0. The van der Waals surface area contributed by atoms with Crippen LogP contribution in [0.3, 0.4) is 0 Å². The highest BCUT2D eigenvalue weighted by atomic mass is 19.4. The lowest BCUT2D eigenvalue weighted by Crippen LogP contribution is -2.49. The average molecular weight is 299 g/mol. The predicted octanol–water partition coefficient (Wildman–Crippen LogP) is 2.73. The van der Waals surface area contributed by atoms with Crippen molar-refractivity contribution in [2.75, 3.05) is 49.5 Å². The van der Waals surface area contributed by atoms with E-state index >= 15 is 0 Å². The molecule has 1 N–H and O–H groups in total. The zero-order chi connectivity index (χ0) is 14.9. The molecule has 0 radical (unpaired) electrons. The van der Waals surface area contributed by atoms with Crippen LogP contribution in [0.15, 0.2) is 18.2 Å². The van der Waals surface area contributed by atoms with Gasteiger partial charge in [-0.05, 0) is 30.5 Å². The molecule has 0 unspecified atom stereocenters. The fraction of sp³-hybridized carbons (Fsp3) is 0.600. The minimum absolute atomic E-state index is 0.469. The van der Waals surface area contributed by atoms with E-state index in [9.17, 15) is 13.2 Å². The third-order valence-electron chi connectivity index (χ3n) is 4.19. The van der Waals surface area contributed by atoms with Crippen molar-refractivity contribution < 1.29 is 13.2 Å². The van der Waals surface area contributed by atoms with Gasteiger partial charge in [0.1, 0.15) is 0 Å². The van der Waals surface area contributed by atoms with E-state index in [1.54, 1.807) is 0 Å². The molecule has 0 saturated carbocycles. The van der Waals surface area contributed by atoms with Gasteiger partial charge in [0.15, 0.2) is 0 Å². The number of anilines is 2. The summed E-state index contributed by atoms with van der Waals surface area (Å²) in [5, 5.41) is 3.40. The van der Waals surface area contributed by atoms with Gasteiger partial charge in [-0.25, -0.2) is 0 Å². The van der Waals surface area contributed by atoms with Crippen molar-refractivity contribution in [1.29, 1.82) is 0 Å². The summed E-state index contributed by atoms with van der Waals surface area (Å²) in [5.41, 5.74) is 3.68. The molecule has 0 aliphatic carbocycles. The van der Waals surface area contributed by atoms with Crippen LogP contribution in [0, 0.1) is 0 Å². The number of hydrogen-bond acceptors (Lipinski definition) is 3. The van der Waals surface area contributed by atoms with Crippen molar-refractivity contribution >= 4 is 11.4 Å². The van der Waals surface area contributed by atoms with E-state index in [1.807, 2.05) is 6.07 Å². The van der Waals surface area contributed by atoms with Crippen LogP contribution in [-0.2, 0) is 6.42 Å². The molecule has 3 rings (SSSR count). The van der Waals surface area contributed by atoms with Crippen LogP contribution in [-0.4, -0.2) is 50.3 Å². The quantitative estimate of drug-likeness (QED) is 0.906. The van der Waals surface area contributed by atoms with Crippen molar-refractivity contribution in [2.45, 2.75) is 19.0 Å². The molecule has 1 aromatic rings. The van der Waals surface area contributed by atoms with Crippen LogP contribution in [0.25, 0.3) is 0 Å². The molecule has 1 aromatic carbocycles. The molecule has 2 aliphatic heterocycles. The number of benzene rings is 1. The molecule has 0 spiro atoms. The van der Waals surface area contributed by atoms with Gasteiger partial charge in [0.2, 0.25) is 0 Å². The van der Waals surface area contributed by atoms with Gasteiger partial charge in [-0.15, -0.1) is 0 Å². The lowest BCUT2D eigenvalue weighted by Gasteiger charge is -2.38. The summed E-state index contributed by atoms with van der Waals surface area (Å²) in [4.78, 5) is 3.71. The summed E-state index contributed by atoms with van der Waals surface area (Å²) < 4.78 is 37.3. The second kappa shape index (κ2) is 5.75. The minimum atomic E-state index is -4.10. The number of hydrogen-bond donors (Lipinski definition) is 1. The fourth-order valence-electron chi connectivity index (χ4n) is 3.19. The number of alkyl halides is 3. The predicted molar refractivity (Wildman–Crippen MR) is 78.0 cm³/mol. The van der Waals surface area contributed by atoms with Gasteiger partial charge in [0.25, 0.3) is 0 Å². The van der Waals surface area contributed by atoms with Crippen LogP contribution in [0.5, 0.6) is 0 Å². The van der Waals surface area contributed by atoms with Crippen LogP contribution < -0.4 is 10.2 Å². The van der Waals surface area contributed by atoms with E-state index < -0.39 is 12.7 Å². The number of piperazine rings is 1. The highest BCUT2D eigenvalue weighted by Crippen LogP contribution is 2.32. The summed E-state index contributed by atoms with van der Waals surface area (Å²) in [6, 6.07) is 6.19. The zero-order valence-corrected chi connectivity index (χ0v) is 11.9.